The van der Waals surface area contributed by atoms with Crippen molar-refractivity contribution in [2.75, 3.05) is 0 Å². The van der Waals surface area contributed by atoms with E-state index in [-0.39, 0.29) is 27.6 Å². The van der Waals surface area contributed by atoms with Gasteiger partial charge in [0.15, 0.2) is 17.0 Å². The zero-order chi connectivity index (χ0) is 22.9. The molecule has 7 nitrogen and oxygen atoms in total. The zero-order valence-electron chi connectivity index (χ0n) is 16.0. The first kappa shape index (κ1) is 21.3. The van der Waals surface area contributed by atoms with E-state index in [1.807, 2.05) is 0 Å². The van der Waals surface area contributed by atoms with Crippen LogP contribution in [-0.2, 0) is 6.18 Å². The Balaban J connectivity index is 1.64. The number of alkyl halides is 3. The molecule has 4 rings (SSSR count). The molecule has 0 spiro atoms. The summed E-state index contributed by atoms with van der Waals surface area (Å²) in [6.07, 6.45) is -4.75. The number of hydrazine groups is 1. The maximum absolute atomic E-state index is 13.6. The number of hydrogen-bond donors (Lipinski definition) is 2. The minimum atomic E-state index is -4.75. The second kappa shape index (κ2) is 8.31. The first-order chi connectivity index (χ1) is 15.2. The second-order valence-electron chi connectivity index (χ2n) is 6.58. The normalized spacial score (nSPS) is 11.4. The highest BCUT2D eigenvalue weighted by Gasteiger charge is 2.35. The molecular formula is C21H13ClF3N5O2. The predicted molar refractivity (Wildman–Crippen MR) is 110 cm³/mol. The van der Waals surface area contributed by atoms with Crippen LogP contribution in [0.25, 0.3) is 16.9 Å². The topological polar surface area (TPSA) is 88.4 Å². The Labute approximate surface area is 183 Å². The van der Waals surface area contributed by atoms with Gasteiger partial charge < -0.3 is 0 Å². The Morgan fingerprint density at radius 1 is 0.906 bits per heavy atom. The van der Waals surface area contributed by atoms with Crippen molar-refractivity contribution >= 4 is 29.1 Å². The van der Waals surface area contributed by atoms with Gasteiger partial charge in [-0.05, 0) is 18.2 Å². The van der Waals surface area contributed by atoms with Gasteiger partial charge in [0.2, 0.25) is 0 Å². The summed E-state index contributed by atoms with van der Waals surface area (Å²) < 4.78 is 41.5. The fourth-order valence-electron chi connectivity index (χ4n) is 2.93. The lowest BCUT2D eigenvalue weighted by Crippen LogP contribution is -2.41. The Hall–Kier alpha value is -3.92. The first-order valence-electron chi connectivity index (χ1n) is 9.12. The van der Waals surface area contributed by atoms with Gasteiger partial charge in [-0.2, -0.15) is 18.3 Å². The van der Waals surface area contributed by atoms with Gasteiger partial charge in [0.05, 0.1) is 16.3 Å². The highest BCUT2D eigenvalue weighted by molar-refractivity contribution is 6.33. The molecule has 2 aromatic heterocycles. The van der Waals surface area contributed by atoms with E-state index >= 15 is 0 Å². The van der Waals surface area contributed by atoms with Crippen LogP contribution >= 0.6 is 11.6 Å². The van der Waals surface area contributed by atoms with E-state index in [2.05, 4.69) is 20.9 Å². The summed E-state index contributed by atoms with van der Waals surface area (Å²) in [5.41, 5.74) is 3.27. The average Bonchev–Trinajstić information content (AvgIpc) is 3.21. The minimum absolute atomic E-state index is 0.0734. The second-order valence-corrected chi connectivity index (χ2v) is 6.99. The number of hydrogen-bond acceptors (Lipinski definition) is 4. The van der Waals surface area contributed by atoms with Gasteiger partial charge in [-0.15, -0.1) is 0 Å². The van der Waals surface area contributed by atoms with Crippen molar-refractivity contribution in [3.8, 4) is 11.3 Å². The number of carbonyl (C=O) groups is 2. The summed E-state index contributed by atoms with van der Waals surface area (Å²) >= 11 is 5.93. The Kier molecular flexibility index (Phi) is 5.54. The van der Waals surface area contributed by atoms with Crippen molar-refractivity contribution in [1.82, 2.24) is 25.4 Å². The molecule has 2 amide bonds. The number of rotatable bonds is 3. The van der Waals surface area contributed by atoms with Crippen LogP contribution in [0.4, 0.5) is 13.2 Å². The Morgan fingerprint density at radius 2 is 1.56 bits per heavy atom. The first-order valence-corrected chi connectivity index (χ1v) is 9.50. The van der Waals surface area contributed by atoms with Gasteiger partial charge in [0.25, 0.3) is 11.8 Å². The standard InChI is InChI=1S/C21H13ClF3N5O2/c22-14-9-5-4-8-13(14)19(31)27-28-20(32)16-11-18-26-15(12-6-2-1-3-7-12)10-17(21(23,24)25)30(18)29-16/h1-11H,(H,27,31)(H,28,32). The van der Waals surface area contributed by atoms with E-state index < -0.39 is 23.7 Å². The van der Waals surface area contributed by atoms with Gasteiger partial charge in [-0.1, -0.05) is 54.1 Å². The monoisotopic (exact) mass is 459 g/mol. The van der Waals surface area contributed by atoms with Gasteiger partial charge in [-0.3, -0.25) is 20.4 Å². The summed E-state index contributed by atoms with van der Waals surface area (Å²) in [6.45, 7) is 0. The highest BCUT2D eigenvalue weighted by Crippen LogP contribution is 2.32. The van der Waals surface area contributed by atoms with E-state index in [0.29, 0.717) is 10.1 Å². The molecule has 0 unspecified atom stereocenters. The van der Waals surface area contributed by atoms with E-state index in [1.165, 1.54) is 12.1 Å². The molecule has 162 valence electrons. The van der Waals surface area contributed by atoms with Crippen molar-refractivity contribution in [3.63, 3.8) is 0 Å². The lowest BCUT2D eigenvalue weighted by Gasteiger charge is -2.11. The van der Waals surface area contributed by atoms with E-state index in [9.17, 15) is 22.8 Å². The molecular weight excluding hydrogens is 447 g/mol. The third-order valence-electron chi connectivity index (χ3n) is 4.43. The molecule has 2 N–H and O–H groups in total. The molecule has 0 saturated heterocycles. The van der Waals surface area contributed by atoms with Crippen LogP contribution in [-0.4, -0.2) is 26.4 Å². The van der Waals surface area contributed by atoms with Crippen molar-refractivity contribution in [3.05, 3.63) is 88.7 Å². The highest BCUT2D eigenvalue weighted by atomic mass is 35.5. The fraction of sp³-hybridized carbons (Fsp3) is 0.0476. The van der Waals surface area contributed by atoms with Crippen molar-refractivity contribution in [2.24, 2.45) is 0 Å². The maximum Gasteiger partial charge on any atom is 0.433 e. The molecule has 0 aliphatic carbocycles. The lowest BCUT2D eigenvalue weighted by atomic mass is 10.1. The number of carbonyl (C=O) groups excluding carboxylic acids is 2. The molecule has 2 heterocycles. The number of benzene rings is 2. The molecule has 11 heteroatoms. The van der Waals surface area contributed by atoms with Crippen molar-refractivity contribution in [2.45, 2.75) is 6.18 Å². The molecule has 0 atom stereocenters. The number of halogens is 4. The molecule has 0 radical (unpaired) electrons. The number of nitrogens with zero attached hydrogens (tertiary/aromatic N) is 3. The van der Waals surface area contributed by atoms with Crippen LogP contribution in [0.3, 0.4) is 0 Å². The van der Waals surface area contributed by atoms with Crippen LogP contribution in [0.1, 0.15) is 26.5 Å². The lowest BCUT2D eigenvalue weighted by molar-refractivity contribution is -0.142. The Bertz CT molecular complexity index is 1320. The van der Waals surface area contributed by atoms with Gasteiger partial charge in [-0.25, -0.2) is 9.50 Å². The third kappa shape index (κ3) is 4.26. The number of fused-ring (bicyclic) bond motifs is 1. The van der Waals surface area contributed by atoms with Gasteiger partial charge >= 0.3 is 6.18 Å². The SMILES string of the molecule is O=C(NNC(=O)c1ccccc1Cl)c1cc2nc(-c3ccccc3)cc(C(F)(F)F)n2n1. The van der Waals surface area contributed by atoms with Crippen LogP contribution in [0.2, 0.25) is 5.02 Å². The summed E-state index contributed by atoms with van der Waals surface area (Å²) in [6, 6.07) is 16.4. The Morgan fingerprint density at radius 3 is 2.25 bits per heavy atom. The molecule has 0 bridgehead atoms. The molecule has 0 aliphatic heterocycles. The van der Waals surface area contributed by atoms with Crippen LogP contribution in [0.5, 0.6) is 0 Å². The summed E-state index contributed by atoms with van der Waals surface area (Å²) in [5.74, 6) is -1.63. The zero-order valence-corrected chi connectivity index (χ0v) is 16.8. The average molecular weight is 460 g/mol. The smallest absolute Gasteiger partial charge is 0.267 e. The molecule has 32 heavy (non-hydrogen) atoms. The van der Waals surface area contributed by atoms with Crippen LogP contribution < -0.4 is 10.9 Å². The van der Waals surface area contributed by atoms with Gasteiger partial charge in [0, 0.05) is 11.6 Å². The van der Waals surface area contributed by atoms with Crippen LogP contribution in [0, 0.1) is 0 Å². The molecule has 0 fully saturated rings. The molecule has 4 aromatic rings. The molecule has 0 saturated carbocycles. The summed E-state index contributed by atoms with van der Waals surface area (Å²) in [5, 5.41) is 3.89. The van der Waals surface area contributed by atoms with Crippen molar-refractivity contribution < 1.29 is 22.8 Å². The third-order valence-corrected chi connectivity index (χ3v) is 4.76. The summed E-state index contributed by atoms with van der Waals surface area (Å²) in [7, 11) is 0. The van der Waals surface area contributed by atoms with Crippen molar-refractivity contribution in [1.29, 1.82) is 0 Å². The van der Waals surface area contributed by atoms with E-state index in [1.54, 1.807) is 42.5 Å². The van der Waals surface area contributed by atoms with Gasteiger partial charge in [0.1, 0.15) is 0 Å². The largest absolute Gasteiger partial charge is 0.433 e. The number of aromatic nitrogens is 3. The minimum Gasteiger partial charge on any atom is -0.267 e. The molecule has 2 aromatic carbocycles. The number of nitrogens with one attached hydrogen (secondary N) is 2. The summed E-state index contributed by atoms with van der Waals surface area (Å²) in [4.78, 5) is 28.8. The van der Waals surface area contributed by atoms with Crippen LogP contribution in [0.15, 0.2) is 66.7 Å². The molecule has 0 aliphatic rings. The fourth-order valence-corrected chi connectivity index (χ4v) is 3.16. The van der Waals surface area contributed by atoms with E-state index in [0.717, 1.165) is 12.1 Å². The van der Waals surface area contributed by atoms with E-state index in [4.69, 9.17) is 11.6 Å². The quantitative estimate of drug-likeness (QED) is 0.451. The maximum atomic E-state index is 13.6. The predicted octanol–water partition coefficient (Wildman–Crippen LogP) is 4.14. The number of amides is 2.